The molecular weight excluding hydrogens is 1250 g/mol. The van der Waals surface area contributed by atoms with Gasteiger partial charge in [0.15, 0.2) is 0 Å². The van der Waals surface area contributed by atoms with E-state index in [1.54, 1.807) is 0 Å². The van der Waals surface area contributed by atoms with E-state index < -0.39 is 0 Å². The van der Waals surface area contributed by atoms with Crippen LogP contribution in [-0.2, 0) is 6.42 Å². The zero-order chi connectivity index (χ0) is 67.6. The zero-order valence-corrected chi connectivity index (χ0v) is 56.2. The molecule has 21 rings (SSSR count). The van der Waals surface area contributed by atoms with Crippen LogP contribution in [0.25, 0.3) is 199 Å². The van der Waals surface area contributed by atoms with Crippen LogP contribution in [0.5, 0.6) is 0 Å². The first-order valence-corrected chi connectivity index (χ1v) is 35.7. The van der Waals surface area contributed by atoms with Gasteiger partial charge in [-0.1, -0.05) is 302 Å². The van der Waals surface area contributed by atoms with Gasteiger partial charge in [0.25, 0.3) is 0 Å². The molecule has 1 aliphatic carbocycles. The summed E-state index contributed by atoms with van der Waals surface area (Å²) < 4.78 is 6.84. The molecule has 5 heteroatoms. The number of fused-ring (bicyclic) bond motifs is 12. The molecule has 3 heterocycles. The van der Waals surface area contributed by atoms with Crippen molar-refractivity contribution in [1.29, 1.82) is 0 Å². The Morgan fingerprint density at radius 1 is 0.262 bits per heavy atom. The molecule has 0 saturated carbocycles. The SMILES string of the molecule is C1=Cc2c(n(-c3cc(-c4cn(-c5ccc(-c6cc(-c7ccccc7)c7c8cccc9c%10c(-c%11ccccc%11)c(-c%11ccccc%11)c(-c%11ccccc%11)c(-c%11ccccc%11)c%10c%10cccc(c7c6-c6ccccc6)c%10c89)cc5)nn4)cc(-n4c5ccccc5c5ccccc54)c3)c3ccccc23)CC1. The van der Waals surface area contributed by atoms with Gasteiger partial charge in [0.05, 0.1) is 28.4 Å². The molecule has 1 aliphatic rings. The van der Waals surface area contributed by atoms with Gasteiger partial charge in [-0.15, -0.1) is 5.10 Å². The minimum absolute atomic E-state index is 0.782. The van der Waals surface area contributed by atoms with Crippen LogP contribution in [0.1, 0.15) is 17.7 Å². The first kappa shape index (κ1) is 58.5. The second kappa shape index (κ2) is 23.6. The fourth-order valence-electron chi connectivity index (χ4n) is 17.5. The Balaban J connectivity index is 0.803. The lowest BCUT2D eigenvalue weighted by molar-refractivity contribution is 0.804. The molecule has 17 aromatic carbocycles. The second-order valence-electron chi connectivity index (χ2n) is 27.4. The van der Waals surface area contributed by atoms with E-state index in [1.165, 1.54) is 142 Å². The Morgan fingerprint density at radius 3 is 1.17 bits per heavy atom. The second-order valence-corrected chi connectivity index (χ2v) is 27.4. The quantitative estimate of drug-likeness (QED) is 0.0956. The van der Waals surface area contributed by atoms with Crippen LogP contribution in [0.4, 0.5) is 0 Å². The average molecular weight is 1310 g/mol. The van der Waals surface area contributed by atoms with Crippen LogP contribution >= 0.6 is 0 Å². The summed E-state index contributed by atoms with van der Waals surface area (Å²) in [5, 5.41) is 26.0. The van der Waals surface area contributed by atoms with E-state index in [-0.39, 0.29) is 0 Å². The lowest BCUT2D eigenvalue weighted by Gasteiger charge is -2.28. The number of benzene rings is 17. The molecule has 0 atom stereocenters. The summed E-state index contributed by atoms with van der Waals surface area (Å²) in [7, 11) is 0. The Bertz CT molecular complexity index is 6730. The summed E-state index contributed by atoms with van der Waals surface area (Å²) in [6.07, 6.45) is 8.66. The van der Waals surface area contributed by atoms with Crippen molar-refractivity contribution < 1.29 is 0 Å². The molecule has 0 aliphatic heterocycles. The predicted molar refractivity (Wildman–Crippen MR) is 432 cm³/mol. The Kier molecular flexibility index (Phi) is 13.4. The molecule has 103 heavy (non-hydrogen) atoms. The average Bonchev–Trinajstić information content (AvgIpc) is 1.31. The molecule has 20 aromatic rings. The third-order valence-corrected chi connectivity index (χ3v) is 21.8. The van der Waals surface area contributed by atoms with Crippen molar-refractivity contribution >= 4 is 92.6 Å². The molecule has 480 valence electrons. The molecule has 5 nitrogen and oxygen atoms in total. The highest BCUT2D eigenvalue weighted by atomic mass is 15.4. The summed E-state index contributed by atoms with van der Waals surface area (Å²) in [5.41, 5.74) is 27.4. The normalized spacial score (nSPS) is 12.3. The zero-order valence-electron chi connectivity index (χ0n) is 56.2. The van der Waals surface area contributed by atoms with Crippen molar-refractivity contribution in [3.63, 3.8) is 0 Å². The van der Waals surface area contributed by atoms with Crippen LogP contribution < -0.4 is 0 Å². The molecule has 0 bridgehead atoms. The van der Waals surface area contributed by atoms with Crippen LogP contribution in [-0.4, -0.2) is 24.1 Å². The van der Waals surface area contributed by atoms with Gasteiger partial charge in [0.1, 0.15) is 5.69 Å². The summed E-state index contributed by atoms with van der Waals surface area (Å²) in [6.45, 7) is 0. The minimum atomic E-state index is 0.782. The minimum Gasteiger partial charge on any atom is -0.313 e. The number of rotatable bonds is 11. The third-order valence-electron chi connectivity index (χ3n) is 21.8. The maximum atomic E-state index is 5.05. The number of aromatic nitrogens is 5. The molecule has 0 fully saturated rings. The van der Waals surface area contributed by atoms with Crippen LogP contribution in [0.2, 0.25) is 0 Å². The van der Waals surface area contributed by atoms with E-state index in [1.807, 2.05) is 4.68 Å². The Morgan fingerprint density at radius 2 is 0.660 bits per heavy atom. The van der Waals surface area contributed by atoms with E-state index in [0.717, 1.165) is 74.4 Å². The molecule has 0 spiro atoms. The van der Waals surface area contributed by atoms with Gasteiger partial charge >= 0.3 is 0 Å². The maximum Gasteiger partial charge on any atom is 0.113 e. The first-order chi connectivity index (χ1) is 51.2. The van der Waals surface area contributed by atoms with Gasteiger partial charge in [-0.25, -0.2) is 4.68 Å². The fraction of sp³-hybridized carbons (Fsp3) is 0.0204. The summed E-state index contributed by atoms with van der Waals surface area (Å²) in [5.74, 6) is 0. The highest BCUT2D eigenvalue weighted by Gasteiger charge is 2.31. The highest BCUT2D eigenvalue weighted by molar-refractivity contribution is 6.46. The van der Waals surface area contributed by atoms with Gasteiger partial charge in [-0.2, -0.15) is 0 Å². The molecule has 0 radical (unpaired) electrons. The lowest BCUT2D eigenvalue weighted by atomic mass is 9.74. The standard InChI is InChI=1S/C98H63N5/c1-7-29-62(30-8-1)82-60-81(63-53-55-70(56-54-63)101-61-83(99-100-101)69-57-71(102-84-49-23-19-41-73(84)74-42-20-24-50-85(74)102)59-72(58-69)103-86-51-25-21-43-75(86)76-44-22-26-52-87(76)103)88(64-31-9-2-10-32-64)96-78-46-28-48-80-94(78)93-77(95(82)96)45-27-47-79(93)97-91(67-37-15-5-16-38-67)89(65-33-11-3-12-34-65)90(66-35-13-4-14-36-66)92(98(80)97)68-39-17-6-18-40-68/h1-25,27-51,53-61H,26,52H2. The van der Waals surface area contributed by atoms with E-state index in [0.29, 0.717) is 0 Å². The van der Waals surface area contributed by atoms with Crippen molar-refractivity contribution in [2.45, 2.75) is 12.8 Å². The molecule has 3 aromatic heterocycles. The maximum absolute atomic E-state index is 5.05. The summed E-state index contributed by atoms with van der Waals surface area (Å²) in [4.78, 5) is 0. The van der Waals surface area contributed by atoms with E-state index in [2.05, 4.69) is 367 Å². The van der Waals surface area contributed by atoms with Gasteiger partial charge in [0.2, 0.25) is 0 Å². The van der Waals surface area contributed by atoms with E-state index >= 15 is 0 Å². The van der Waals surface area contributed by atoms with Crippen molar-refractivity contribution in [3.05, 3.63) is 363 Å². The van der Waals surface area contributed by atoms with E-state index in [4.69, 9.17) is 10.3 Å². The topological polar surface area (TPSA) is 40.6 Å². The van der Waals surface area contributed by atoms with Crippen molar-refractivity contribution in [3.8, 4) is 106 Å². The van der Waals surface area contributed by atoms with Crippen molar-refractivity contribution in [1.82, 2.24) is 24.1 Å². The van der Waals surface area contributed by atoms with Crippen molar-refractivity contribution in [2.75, 3.05) is 0 Å². The van der Waals surface area contributed by atoms with Crippen LogP contribution in [0.3, 0.4) is 0 Å². The molecule has 0 unspecified atom stereocenters. The van der Waals surface area contributed by atoms with Gasteiger partial charge in [0, 0.05) is 44.4 Å². The van der Waals surface area contributed by atoms with Gasteiger partial charge in [-0.3, -0.25) is 0 Å². The van der Waals surface area contributed by atoms with E-state index in [9.17, 15) is 0 Å². The van der Waals surface area contributed by atoms with Crippen LogP contribution in [0.15, 0.2) is 352 Å². The number of allylic oxidation sites excluding steroid dienone is 1. The van der Waals surface area contributed by atoms with Gasteiger partial charge < -0.3 is 9.13 Å². The first-order valence-electron chi connectivity index (χ1n) is 35.7. The third kappa shape index (κ3) is 9.12. The highest BCUT2D eigenvalue weighted by Crippen LogP contribution is 2.58. The smallest absolute Gasteiger partial charge is 0.113 e. The number of hydrogen-bond donors (Lipinski definition) is 0. The van der Waals surface area contributed by atoms with Crippen LogP contribution in [0, 0.1) is 0 Å². The monoisotopic (exact) mass is 1310 g/mol. The number of nitrogens with zero attached hydrogens (tertiary/aromatic N) is 5. The fourth-order valence-corrected chi connectivity index (χ4v) is 17.5. The number of para-hydroxylation sites is 3. The largest absolute Gasteiger partial charge is 0.313 e. The summed E-state index contributed by atoms with van der Waals surface area (Å²) in [6, 6.07) is 126. The molecule has 0 N–H and O–H groups in total. The molecular formula is C98H63N5. The summed E-state index contributed by atoms with van der Waals surface area (Å²) >= 11 is 0. The number of hydrogen-bond acceptors (Lipinski definition) is 2. The molecule has 0 amide bonds. The molecule has 0 saturated heterocycles. The lowest BCUT2D eigenvalue weighted by Crippen LogP contribution is -2.05. The Labute approximate surface area is 595 Å². The van der Waals surface area contributed by atoms with Gasteiger partial charge in [-0.05, 0) is 199 Å². The predicted octanol–water partition coefficient (Wildman–Crippen LogP) is 25.8. The van der Waals surface area contributed by atoms with Crippen molar-refractivity contribution in [2.24, 2.45) is 0 Å². The Hall–Kier alpha value is -13.5.